The first-order valence-corrected chi connectivity index (χ1v) is 8.80. The summed E-state index contributed by atoms with van der Waals surface area (Å²) in [5.74, 6) is -1.81. The third-order valence-electron chi connectivity index (χ3n) is 4.77. The summed E-state index contributed by atoms with van der Waals surface area (Å²) in [5, 5.41) is 9.16. The van der Waals surface area contributed by atoms with Gasteiger partial charge in [-0.15, -0.1) is 11.3 Å². The number of hydrogen-bond donors (Lipinski definition) is 1. The highest BCUT2D eigenvalue weighted by molar-refractivity contribution is 7.16. The molecule has 0 bridgehead atoms. The molecule has 0 saturated heterocycles. The van der Waals surface area contributed by atoms with Gasteiger partial charge in [-0.2, -0.15) is 0 Å². The number of nitrogens with zero attached hydrogens (tertiary/aromatic N) is 2. The molecule has 2 aromatic rings. The maximum Gasteiger partial charge on any atom is 0.394 e. The molecule has 1 amide bonds. The lowest BCUT2D eigenvalue weighted by atomic mass is 9.97. The van der Waals surface area contributed by atoms with Crippen molar-refractivity contribution in [3.05, 3.63) is 29.3 Å². The Bertz CT molecular complexity index is 721. The highest BCUT2D eigenvalue weighted by atomic mass is 32.1. The second-order valence-electron chi connectivity index (χ2n) is 6.18. The van der Waals surface area contributed by atoms with Crippen LogP contribution in [0.25, 0.3) is 10.2 Å². The van der Waals surface area contributed by atoms with Crippen molar-refractivity contribution in [1.82, 2.24) is 9.88 Å². The van der Waals surface area contributed by atoms with E-state index >= 15 is 0 Å². The molecule has 5 nitrogen and oxygen atoms in total. The van der Waals surface area contributed by atoms with Gasteiger partial charge in [0.15, 0.2) is 0 Å². The number of aromatic nitrogens is 1. The van der Waals surface area contributed by atoms with Gasteiger partial charge in [-0.1, -0.05) is 18.9 Å². The maximum absolute atomic E-state index is 12.2. The standard InChI is InChI=1S/C17H20N2O3S/c1-11(13-4-2-3-5-13)19(16(20)17(21)22)9-12-6-7-15-14(8-12)18-10-23-15/h6-8,10-11,13H,2-5,9H2,1H3,(H,21,22)/t11-/m1/s1. The monoisotopic (exact) mass is 332 g/mol. The van der Waals surface area contributed by atoms with Gasteiger partial charge in [0.05, 0.1) is 15.7 Å². The number of carbonyl (C=O) groups excluding carboxylic acids is 1. The third kappa shape index (κ3) is 3.37. The topological polar surface area (TPSA) is 70.5 Å². The summed E-state index contributed by atoms with van der Waals surface area (Å²) >= 11 is 1.57. The highest BCUT2D eigenvalue weighted by Crippen LogP contribution is 2.31. The van der Waals surface area contributed by atoms with E-state index in [1.165, 1.54) is 4.90 Å². The molecule has 0 aliphatic heterocycles. The van der Waals surface area contributed by atoms with Gasteiger partial charge in [0, 0.05) is 12.6 Å². The van der Waals surface area contributed by atoms with E-state index in [0.717, 1.165) is 41.5 Å². The molecule has 1 saturated carbocycles. The van der Waals surface area contributed by atoms with Gasteiger partial charge in [-0.25, -0.2) is 9.78 Å². The molecule has 0 spiro atoms. The predicted molar refractivity (Wildman–Crippen MR) is 89.2 cm³/mol. The molecular weight excluding hydrogens is 312 g/mol. The number of rotatable bonds is 4. The first-order valence-electron chi connectivity index (χ1n) is 7.92. The van der Waals surface area contributed by atoms with Gasteiger partial charge in [0.2, 0.25) is 0 Å². The fourth-order valence-corrected chi connectivity index (χ4v) is 4.08. The summed E-state index contributed by atoms with van der Waals surface area (Å²) in [4.78, 5) is 29.2. The zero-order valence-electron chi connectivity index (χ0n) is 13.1. The van der Waals surface area contributed by atoms with Gasteiger partial charge < -0.3 is 10.0 Å². The van der Waals surface area contributed by atoms with Crippen LogP contribution in [-0.2, 0) is 16.1 Å². The first kappa shape index (κ1) is 15.9. The van der Waals surface area contributed by atoms with Crippen molar-refractivity contribution in [1.29, 1.82) is 0 Å². The van der Waals surface area contributed by atoms with E-state index in [9.17, 15) is 9.59 Å². The normalized spacial score (nSPS) is 16.6. The van der Waals surface area contributed by atoms with Gasteiger partial charge in [-0.3, -0.25) is 4.79 Å². The van der Waals surface area contributed by atoms with Crippen LogP contribution in [0.5, 0.6) is 0 Å². The fraction of sp³-hybridized carbons (Fsp3) is 0.471. The van der Waals surface area contributed by atoms with E-state index in [0.29, 0.717) is 12.5 Å². The lowest BCUT2D eigenvalue weighted by Gasteiger charge is -2.32. The molecule has 1 aliphatic carbocycles. The van der Waals surface area contributed by atoms with Crippen LogP contribution in [0.4, 0.5) is 0 Å². The van der Waals surface area contributed by atoms with Crippen molar-refractivity contribution in [3.8, 4) is 0 Å². The smallest absolute Gasteiger partial charge is 0.394 e. The van der Waals surface area contributed by atoms with Crippen LogP contribution >= 0.6 is 11.3 Å². The number of amides is 1. The number of carbonyl (C=O) groups is 2. The zero-order chi connectivity index (χ0) is 16.4. The van der Waals surface area contributed by atoms with Crippen molar-refractivity contribution in [3.63, 3.8) is 0 Å². The average Bonchev–Trinajstić information content (AvgIpc) is 3.21. The van der Waals surface area contributed by atoms with Crippen molar-refractivity contribution < 1.29 is 14.7 Å². The van der Waals surface area contributed by atoms with Crippen LogP contribution in [0, 0.1) is 5.92 Å². The lowest BCUT2D eigenvalue weighted by Crippen LogP contribution is -2.45. The molecule has 1 fully saturated rings. The molecule has 0 unspecified atom stereocenters. The maximum atomic E-state index is 12.2. The predicted octanol–water partition coefficient (Wildman–Crippen LogP) is 3.29. The number of fused-ring (bicyclic) bond motifs is 1. The van der Waals surface area contributed by atoms with Gasteiger partial charge in [-0.05, 0) is 43.4 Å². The fourth-order valence-electron chi connectivity index (χ4n) is 3.42. The van der Waals surface area contributed by atoms with Crippen LogP contribution in [0.2, 0.25) is 0 Å². The Morgan fingerprint density at radius 3 is 2.83 bits per heavy atom. The third-order valence-corrected chi connectivity index (χ3v) is 5.58. The molecule has 3 rings (SSSR count). The Balaban J connectivity index is 1.84. The van der Waals surface area contributed by atoms with Crippen LogP contribution < -0.4 is 0 Å². The molecule has 23 heavy (non-hydrogen) atoms. The Labute approximate surface area is 138 Å². The van der Waals surface area contributed by atoms with E-state index in [2.05, 4.69) is 4.98 Å². The quantitative estimate of drug-likeness (QED) is 0.872. The average molecular weight is 332 g/mol. The molecule has 0 radical (unpaired) electrons. The summed E-state index contributed by atoms with van der Waals surface area (Å²) in [7, 11) is 0. The van der Waals surface area contributed by atoms with E-state index in [4.69, 9.17) is 5.11 Å². The van der Waals surface area contributed by atoms with Crippen molar-refractivity contribution in [2.45, 2.75) is 45.2 Å². The number of aliphatic carboxylic acids is 1. The number of carboxylic acid groups (broad SMARTS) is 1. The second kappa shape index (κ2) is 6.66. The number of benzene rings is 1. The number of carboxylic acids is 1. The molecule has 1 aliphatic rings. The molecule has 1 aromatic heterocycles. The van der Waals surface area contributed by atoms with Gasteiger partial charge in [0.25, 0.3) is 0 Å². The minimum Gasteiger partial charge on any atom is -0.474 e. The summed E-state index contributed by atoms with van der Waals surface area (Å²) in [6.07, 6.45) is 4.45. The minimum absolute atomic E-state index is 0.0627. The first-order chi connectivity index (χ1) is 11.1. The Kier molecular flexibility index (Phi) is 4.61. The van der Waals surface area contributed by atoms with Crippen LogP contribution in [0.3, 0.4) is 0 Å². The molecule has 6 heteroatoms. The molecule has 1 heterocycles. The summed E-state index contributed by atoms with van der Waals surface area (Å²) in [6.45, 7) is 2.29. The molecule has 122 valence electrons. The Hall–Kier alpha value is -1.95. The van der Waals surface area contributed by atoms with Gasteiger partial charge in [0.1, 0.15) is 0 Å². The van der Waals surface area contributed by atoms with Crippen LogP contribution in [0.1, 0.15) is 38.2 Å². The second-order valence-corrected chi connectivity index (χ2v) is 7.06. The van der Waals surface area contributed by atoms with Crippen molar-refractivity contribution in [2.75, 3.05) is 0 Å². The highest BCUT2D eigenvalue weighted by Gasteiger charge is 2.32. The van der Waals surface area contributed by atoms with E-state index < -0.39 is 11.9 Å². The summed E-state index contributed by atoms with van der Waals surface area (Å²) in [6, 6.07) is 5.80. The van der Waals surface area contributed by atoms with Crippen LogP contribution in [-0.4, -0.2) is 32.9 Å². The minimum atomic E-state index is -1.38. The lowest BCUT2D eigenvalue weighted by molar-refractivity contribution is -0.158. The van der Waals surface area contributed by atoms with E-state index in [-0.39, 0.29) is 6.04 Å². The van der Waals surface area contributed by atoms with Crippen molar-refractivity contribution in [2.24, 2.45) is 5.92 Å². The number of hydrogen-bond acceptors (Lipinski definition) is 4. The molecular formula is C17H20N2O3S. The Morgan fingerprint density at radius 2 is 2.13 bits per heavy atom. The largest absolute Gasteiger partial charge is 0.474 e. The van der Waals surface area contributed by atoms with E-state index in [1.807, 2.05) is 25.1 Å². The van der Waals surface area contributed by atoms with Crippen LogP contribution in [0.15, 0.2) is 23.7 Å². The zero-order valence-corrected chi connectivity index (χ0v) is 13.9. The summed E-state index contributed by atoms with van der Waals surface area (Å²) in [5.41, 5.74) is 3.60. The number of thiazole rings is 1. The van der Waals surface area contributed by atoms with Gasteiger partial charge >= 0.3 is 11.9 Å². The Morgan fingerprint density at radius 1 is 1.39 bits per heavy atom. The SMILES string of the molecule is C[C@H](C1CCCC1)N(Cc1ccc2scnc2c1)C(=O)C(=O)O. The van der Waals surface area contributed by atoms with E-state index in [1.54, 1.807) is 16.8 Å². The van der Waals surface area contributed by atoms with Crippen molar-refractivity contribution >= 4 is 33.4 Å². The molecule has 1 atom stereocenters. The molecule has 1 aromatic carbocycles. The molecule has 1 N–H and O–H groups in total. The summed E-state index contributed by atoms with van der Waals surface area (Å²) < 4.78 is 1.09.